The van der Waals surface area contributed by atoms with Gasteiger partial charge in [0, 0.05) is 12.8 Å². The summed E-state index contributed by atoms with van der Waals surface area (Å²) in [5.74, 6) is -0.741. The molecule has 0 aromatic heterocycles. The Hall–Kier alpha value is -1.10. The zero-order chi connectivity index (χ0) is 12.3. The Morgan fingerprint density at radius 3 is 2.76 bits per heavy atom. The SMILES string of the molecule is O=C(O)CCCC(=O)OCC1CCC2OC2C1. The van der Waals surface area contributed by atoms with Crippen LogP contribution in [0.4, 0.5) is 0 Å². The summed E-state index contributed by atoms with van der Waals surface area (Å²) in [5.41, 5.74) is 0. The van der Waals surface area contributed by atoms with Gasteiger partial charge >= 0.3 is 11.9 Å². The van der Waals surface area contributed by atoms with Crippen molar-refractivity contribution >= 4 is 11.9 Å². The first-order valence-electron chi connectivity index (χ1n) is 6.18. The summed E-state index contributed by atoms with van der Waals surface area (Å²) < 4.78 is 10.5. The summed E-state index contributed by atoms with van der Waals surface area (Å²) in [7, 11) is 0. The molecule has 2 rings (SSSR count). The number of carboxylic acid groups (broad SMARTS) is 1. The molecule has 0 bridgehead atoms. The van der Waals surface area contributed by atoms with Gasteiger partial charge in [0.05, 0.1) is 18.8 Å². The molecule has 1 aliphatic carbocycles. The Morgan fingerprint density at radius 1 is 1.24 bits per heavy atom. The van der Waals surface area contributed by atoms with Gasteiger partial charge in [-0.25, -0.2) is 0 Å². The number of ether oxygens (including phenoxy) is 2. The van der Waals surface area contributed by atoms with Crippen LogP contribution in [-0.4, -0.2) is 35.9 Å². The third-order valence-corrected chi connectivity index (χ3v) is 3.36. The lowest BCUT2D eigenvalue weighted by Crippen LogP contribution is -2.20. The predicted molar refractivity (Wildman–Crippen MR) is 58.4 cm³/mol. The summed E-state index contributed by atoms with van der Waals surface area (Å²) in [6, 6.07) is 0. The van der Waals surface area contributed by atoms with E-state index in [1.165, 1.54) is 0 Å². The van der Waals surface area contributed by atoms with E-state index in [1.54, 1.807) is 0 Å². The van der Waals surface area contributed by atoms with Crippen LogP contribution in [0.15, 0.2) is 0 Å². The van der Waals surface area contributed by atoms with E-state index in [1.807, 2.05) is 0 Å². The molecule has 0 amide bonds. The molecule has 0 aromatic carbocycles. The van der Waals surface area contributed by atoms with Gasteiger partial charge in [-0.1, -0.05) is 0 Å². The minimum atomic E-state index is -0.873. The number of carbonyl (C=O) groups excluding carboxylic acids is 1. The Balaban J connectivity index is 1.54. The van der Waals surface area contributed by atoms with Crippen molar-refractivity contribution in [3.63, 3.8) is 0 Å². The van der Waals surface area contributed by atoms with Crippen LogP contribution in [0.1, 0.15) is 38.5 Å². The number of hydrogen-bond acceptors (Lipinski definition) is 4. The van der Waals surface area contributed by atoms with E-state index >= 15 is 0 Å². The van der Waals surface area contributed by atoms with Crippen molar-refractivity contribution in [3.05, 3.63) is 0 Å². The van der Waals surface area contributed by atoms with Gasteiger partial charge in [0.25, 0.3) is 0 Å². The fraction of sp³-hybridized carbons (Fsp3) is 0.833. The number of esters is 1. The van der Waals surface area contributed by atoms with Gasteiger partial charge in [0.15, 0.2) is 0 Å². The molecule has 1 heterocycles. The van der Waals surface area contributed by atoms with Gasteiger partial charge in [-0.15, -0.1) is 0 Å². The number of aliphatic carboxylic acids is 1. The van der Waals surface area contributed by atoms with E-state index in [2.05, 4.69) is 0 Å². The lowest BCUT2D eigenvalue weighted by atomic mass is 9.90. The molecule has 2 aliphatic rings. The first kappa shape index (κ1) is 12.4. The van der Waals surface area contributed by atoms with Gasteiger partial charge in [-0.3, -0.25) is 9.59 Å². The number of epoxide rings is 1. The minimum absolute atomic E-state index is 0.0239. The third-order valence-electron chi connectivity index (χ3n) is 3.36. The maximum atomic E-state index is 11.3. The topological polar surface area (TPSA) is 76.1 Å². The smallest absolute Gasteiger partial charge is 0.305 e. The van der Waals surface area contributed by atoms with Crippen molar-refractivity contribution < 1.29 is 24.2 Å². The zero-order valence-corrected chi connectivity index (χ0v) is 9.76. The highest BCUT2D eigenvalue weighted by Crippen LogP contribution is 2.39. The van der Waals surface area contributed by atoms with Gasteiger partial charge < -0.3 is 14.6 Å². The van der Waals surface area contributed by atoms with E-state index in [-0.39, 0.29) is 18.8 Å². The van der Waals surface area contributed by atoms with E-state index < -0.39 is 5.97 Å². The molecule has 2 fully saturated rings. The minimum Gasteiger partial charge on any atom is -0.481 e. The average Bonchev–Trinajstić information content (AvgIpc) is 3.04. The Kier molecular flexibility index (Phi) is 3.99. The van der Waals surface area contributed by atoms with Gasteiger partial charge in [-0.05, 0) is 31.6 Å². The van der Waals surface area contributed by atoms with Crippen LogP contribution in [0.2, 0.25) is 0 Å². The molecule has 3 atom stereocenters. The fourth-order valence-corrected chi connectivity index (χ4v) is 2.31. The maximum Gasteiger partial charge on any atom is 0.305 e. The summed E-state index contributed by atoms with van der Waals surface area (Å²) in [4.78, 5) is 21.6. The monoisotopic (exact) mass is 242 g/mol. The maximum absolute atomic E-state index is 11.3. The summed E-state index contributed by atoms with van der Waals surface area (Å²) >= 11 is 0. The number of rotatable bonds is 6. The molecule has 1 saturated heterocycles. The van der Waals surface area contributed by atoms with Crippen molar-refractivity contribution in [2.24, 2.45) is 5.92 Å². The first-order valence-corrected chi connectivity index (χ1v) is 6.18. The zero-order valence-electron chi connectivity index (χ0n) is 9.76. The number of carboxylic acids is 1. The van der Waals surface area contributed by atoms with Crippen molar-refractivity contribution in [3.8, 4) is 0 Å². The van der Waals surface area contributed by atoms with E-state index in [0.717, 1.165) is 19.3 Å². The van der Waals surface area contributed by atoms with E-state index in [4.69, 9.17) is 14.6 Å². The Labute approximate surface area is 100 Å². The van der Waals surface area contributed by atoms with Crippen LogP contribution in [0.3, 0.4) is 0 Å². The largest absolute Gasteiger partial charge is 0.481 e. The standard InChI is InChI=1S/C12H18O5/c13-11(14)2-1-3-12(15)16-7-8-4-5-9-10(6-8)17-9/h8-10H,1-7H2,(H,13,14). The van der Waals surface area contributed by atoms with Crippen LogP contribution in [0.25, 0.3) is 0 Å². The fourth-order valence-electron chi connectivity index (χ4n) is 2.31. The molecule has 0 radical (unpaired) electrons. The van der Waals surface area contributed by atoms with Crippen LogP contribution < -0.4 is 0 Å². The molecule has 1 aliphatic heterocycles. The van der Waals surface area contributed by atoms with Gasteiger partial charge in [0.1, 0.15) is 0 Å². The summed E-state index contributed by atoms with van der Waals surface area (Å²) in [5, 5.41) is 8.43. The second-order valence-corrected chi connectivity index (χ2v) is 4.82. The molecule has 0 spiro atoms. The van der Waals surface area contributed by atoms with Crippen molar-refractivity contribution in [1.29, 1.82) is 0 Å². The quantitative estimate of drug-likeness (QED) is 0.562. The Morgan fingerprint density at radius 2 is 2.06 bits per heavy atom. The molecular formula is C12H18O5. The highest BCUT2D eigenvalue weighted by molar-refractivity contribution is 5.71. The molecule has 3 unspecified atom stereocenters. The summed E-state index contributed by atoms with van der Waals surface area (Å²) in [6.45, 7) is 0.457. The molecule has 96 valence electrons. The Bertz CT molecular complexity index is 301. The highest BCUT2D eigenvalue weighted by Gasteiger charge is 2.43. The molecular weight excluding hydrogens is 224 g/mol. The normalized spacial score (nSPS) is 30.5. The van der Waals surface area contributed by atoms with Crippen LogP contribution in [-0.2, 0) is 19.1 Å². The van der Waals surface area contributed by atoms with Crippen LogP contribution in [0.5, 0.6) is 0 Å². The van der Waals surface area contributed by atoms with Crippen molar-refractivity contribution in [2.45, 2.75) is 50.7 Å². The van der Waals surface area contributed by atoms with E-state index in [0.29, 0.717) is 31.2 Å². The van der Waals surface area contributed by atoms with Crippen LogP contribution >= 0.6 is 0 Å². The predicted octanol–water partition coefficient (Wildman–Crippen LogP) is 1.35. The van der Waals surface area contributed by atoms with Gasteiger partial charge in [-0.2, -0.15) is 0 Å². The molecule has 0 aromatic rings. The molecule has 5 nitrogen and oxygen atoms in total. The van der Waals surface area contributed by atoms with Crippen LogP contribution in [0, 0.1) is 5.92 Å². The first-order chi connectivity index (χ1) is 8.15. The highest BCUT2D eigenvalue weighted by atomic mass is 16.6. The van der Waals surface area contributed by atoms with Gasteiger partial charge in [0.2, 0.25) is 0 Å². The molecule has 1 N–H and O–H groups in total. The molecule has 5 heteroatoms. The number of fused-ring (bicyclic) bond motifs is 1. The van der Waals surface area contributed by atoms with Crippen molar-refractivity contribution in [1.82, 2.24) is 0 Å². The number of hydrogen-bond donors (Lipinski definition) is 1. The molecule has 17 heavy (non-hydrogen) atoms. The van der Waals surface area contributed by atoms with Crippen molar-refractivity contribution in [2.75, 3.05) is 6.61 Å². The molecule has 1 saturated carbocycles. The third kappa shape index (κ3) is 4.00. The lowest BCUT2D eigenvalue weighted by molar-refractivity contribution is -0.145. The number of carbonyl (C=O) groups is 2. The lowest BCUT2D eigenvalue weighted by Gasteiger charge is -2.18. The van der Waals surface area contributed by atoms with E-state index in [9.17, 15) is 9.59 Å². The average molecular weight is 242 g/mol. The summed E-state index contributed by atoms with van der Waals surface area (Å²) in [6.07, 6.45) is 4.57. The second-order valence-electron chi connectivity index (χ2n) is 4.82. The second kappa shape index (κ2) is 5.49.